The van der Waals surface area contributed by atoms with Crippen molar-refractivity contribution in [2.24, 2.45) is 7.05 Å². The maximum Gasteiger partial charge on any atom is 0.263 e. The zero-order valence-corrected chi connectivity index (χ0v) is 15.4. The third kappa shape index (κ3) is 4.03. The van der Waals surface area contributed by atoms with Gasteiger partial charge >= 0.3 is 0 Å². The highest BCUT2D eigenvalue weighted by Gasteiger charge is 2.12. The molecule has 144 valence electrons. The molecule has 4 rings (SSSR count). The topological polar surface area (TPSA) is 104 Å². The molecule has 0 aliphatic carbocycles. The van der Waals surface area contributed by atoms with E-state index in [1.807, 2.05) is 0 Å². The molecule has 0 aromatic carbocycles. The van der Waals surface area contributed by atoms with Crippen LogP contribution >= 0.6 is 0 Å². The first-order chi connectivity index (χ1) is 14.1. The van der Waals surface area contributed by atoms with Crippen molar-refractivity contribution in [3.8, 4) is 17.3 Å². The number of hydrogen-bond acceptors (Lipinski definition) is 6. The summed E-state index contributed by atoms with van der Waals surface area (Å²) in [7, 11) is 1.58. The number of nitrogens with one attached hydrogen (secondary N) is 1. The van der Waals surface area contributed by atoms with Gasteiger partial charge in [-0.25, -0.2) is 14.6 Å². The number of amides is 1. The predicted molar refractivity (Wildman–Crippen MR) is 105 cm³/mol. The van der Waals surface area contributed by atoms with Crippen molar-refractivity contribution in [3.63, 3.8) is 0 Å². The van der Waals surface area contributed by atoms with Gasteiger partial charge in [-0.3, -0.25) is 9.59 Å². The Bertz CT molecular complexity index is 1200. The predicted octanol–water partition coefficient (Wildman–Crippen LogP) is 2.41. The minimum Gasteiger partial charge on any atom is -0.456 e. The molecular weight excluding hydrogens is 372 g/mol. The van der Waals surface area contributed by atoms with Gasteiger partial charge in [-0.1, -0.05) is 0 Å². The van der Waals surface area contributed by atoms with Crippen LogP contribution in [0.15, 0.2) is 78.2 Å². The smallest absolute Gasteiger partial charge is 0.263 e. The number of aryl methyl sites for hydroxylation is 1. The van der Waals surface area contributed by atoms with Crippen molar-refractivity contribution in [1.82, 2.24) is 24.3 Å². The van der Waals surface area contributed by atoms with Gasteiger partial charge in [-0.2, -0.15) is 5.10 Å². The standard InChI is InChI=1S/C20H16N6O3/c1-25-10-2-4-16(20(25)28)19(27)24-17-6-5-15(13-22-17)29-14-7-9-21-18(12-14)26-11-3-8-23-26/h2-13H,1H3,(H,22,24,27). The van der Waals surface area contributed by atoms with E-state index in [9.17, 15) is 9.59 Å². The fraction of sp³-hybridized carbons (Fsp3) is 0.0500. The fourth-order valence-corrected chi connectivity index (χ4v) is 2.60. The number of pyridine rings is 3. The molecule has 0 saturated carbocycles. The summed E-state index contributed by atoms with van der Waals surface area (Å²) in [5, 5.41) is 6.74. The lowest BCUT2D eigenvalue weighted by atomic mass is 10.2. The first-order valence-corrected chi connectivity index (χ1v) is 8.67. The molecule has 0 spiro atoms. The quantitative estimate of drug-likeness (QED) is 0.563. The van der Waals surface area contributed by atoms with Crippen LogP contribution in [0.3, 0.4) is 0 Å². The maximum atomic E-state index is 12.3. The Kier molecular flexibility index (Phi) is 4.85. The van der Waals surface area contributed by atoms with Crippen molar-refractivity contribution in [3.05, 3.63) is 89.4 Å². The molecule has 0 saturated heterocycles. The summed E-state index contributed by atoms with van der Waals surface area (Å²) in [5.41, 5.74) is -0.337. The number of aromatic nitrogens is 5. The van der Waals surface area contributed by atoms with Gasteiger partial charge in [0.25, 0.3) is 11.5 Å². The van der Waals surface area contributed by atoms with Gasteiger partial charge in [-0.15, -0.1) is 0 Å². The number of carbonyl (C=O) groups is 1. The minimum absolute atomic E-state index is 0.0417. The van der Waals surface area contributed by atoms with Crippen LogP contribution in [0.1, 0.15) is 10.4 Å². The maximum absolute atomic E-state index is 12.3. The minimum atomic E-state index is -0.523. The van der Waals surface area contributed by atoms with Gasteiger partial charge in [0.05, 0.1) is 6.20 Å². The number of carbonyl (C=O) groups excluding carboxylic acids is 1. The Hall–Kier alpha value is -4.27. The van der Waals surface area contributed by atoms with Crippen molar-refractivity contribution >= 4 is 11.7 Å². The van der Waals surface area contributed by atoms with Crippen LogP contribution in [0, 0.1) is 0 Å². The number of rotatable bonds is 5. The number of ether oxygens (including phenoxy) is 1. The molecule has 1 amide bonds. The molecule has 0 aliphatic rings. The highest BCUT2D eigenvalue weighted by molar-refractivity contribution is 6.03. The van der Waals surface area contributed by atoms with Gasteiger partial charge in [0.2, 0.25) is 0 Å². The van der Waals surface area contributed by atoms with Gasteiger partial charge in [0.15, 0.2) is 5.82 Å². The number of hydrogen-bond donors (Lipinski definition) is 1. The first kappa shape index (κ1) is 18.1. The van der Waals surface area contributed by atoms with Crippen LogP contribution in [-0.2, 0) is 7.05 Å². The van der Waals surface area contributed by atoms with Crippen LogP contribution in [-0.4, -0.2) is 30.2 Å². The second-order valence-corrected chi connectivity index (χ2v) is 6.07. The van der Waals surface area contributed by atoms with E-state index in [2.05, 4.69) is 20.4 Å². The van der Waals surface area contributed by atoms with Crippen LogP contribution in [0.5, 0.6) is 11.5 Å². The monoisotopic (exact) mass is 388 g/mol. The molecule has 1 N–H and O–H groups in total. The zero-order valence-electron chi connectivity index (χ0n) is 15.4. The Morgan fingerprint density at radius 1 is 1.03 bits per heavy atom. The van der Waals surface area contributed by atoms with E-state index < -0.39 is 5.91 Å². The lowest BCUT2D eigenvalue weighted by molar-refractivity contribution is 0.102. The molecule has 9 heteroatoms. The van der Waals surface area contributed by atoms with Crippen LogP contribution < -0.4 is 15.6 Å². The average Bonchev–Trinajstić information content (AvgIpc) is 3.27. The van der Waals surface area contributed by atoms with E-state index in [1.54, 1.807) is 72.9 Å². The summed E-state index contributed by atoms with van der Waals surface area (Å²) < 4.78 is 8.75. The summed E-state index contributed by atoms with van der Waals surface area (Å²) in [4.78, 5) is 32.7. The largest absolute Gasteiger partial charge is 0.456 e. The summed E-state index contributed by atoms with van der Waals surface area (Å²) in [5.74, 6) is 1.45. The van der Waals surface area contributed by atoms with E-state index >= 15 is 0 Å². The molecule has 4 heterocycles. The molecular formula is C20H16N6O3. The highest BCUT2D eigenvalue weighted by atomic mass is 16.5. The Morgan fingerprint density at radius 3 is 2.69 bits per heavy atom. The average molecular weight is 388 g/mol. The lowest BCUT2D eigenvalue weighted by Gasteiger charge is -2.08. The van der Waals surface area contributed by atoms with Crippen molar-refractivity contribution < 1.29 is 9.53 Å². The van der Waals surface area contributed by atoms with E-state index in [-0.39, 0.29) is 11.1 Å². The van der Waals surface area contributed by atoms with E-state index in [0.29, 0.717) is 23.1 Å². The lowest BCUT2D eigenvalue weighted by Crippen LogP contribution is -2.27. The summed E-state index contributed by atoms with van der Waals surface area (Å²) in [6.07, 6.45) is 8.13. The summed E-state index contributed by atoms with van der Waals surface area (Å²) in [6, 6.07) is 11.6. The molecule has 4 aromatic heterocycles. The Morgan fingerprint density at radius 2 is 1.93 bits per heavy atom. The van der Waals surface area contributed by atoms with E-state index in [4.69, 9.17) is 4.74 Å². The molecule has 9 nitrogen and oxygen atoms in total. The molecule has 0 radical (unpaired) electrons. The second-order valence-electron chi connectivity index (χ2n) is 6.07. The van der Waals surface area contributed by atoms with Gasteiger partial charge in [0, 0.05) is 37.9 Å². The van der Waals surface area contributed by atoms with Gasteiger partial charge in [-0.05, 0) is 36.4 Å². The number of nitrogens with zero attached hydrogens (tertiary/aromatic N) is 5. The SMILES string of the molecule is Cn1cccc(C(=O)Nc2ccc(Oc3ccnc(-n4cccn4)c3)cn2)c1=O. The van der Waals surface area contributed by atoms with Crippen LogP contribution in [0.2, 0.25) is 0 Å². The third-order valence-corrected chi connectivity index (χ3v) is 4.04. The van der Waals surface area contributed by atoms with E-state index in [1.165, 1.54) is 16.8 Å². The van der Waals surface area contributed by atoms with Gasteiger partial charge < -0.3 is 14.6 Å². The van der Waals surface area contributed by atoms with Crippen LogP contribution in [0.25, 0.3) is 5.82 Å². The third-order valence-electron chi connectivity index (χ3n) is 4.04. The normalized spacial score (nSPS) is 10.5. The van der Waals surface area contributed by atoms with Crippen molar-refractivity contribution in [2.75, 3.05) is 5.32 Å². The van der Waals surface area contributed by atoms with E-state index in [0.717, 1.165) is 0 Å². The van der Waals surface area contributed by atoms with Crippen molar-refractivity contribution in [1.29, 1.82) is 0 Å². The molecule has 0 aliphatic heterocycles. The fourth-order valence-electron chi connectivity index (χ4n) is 2.60. The number of anilines is 1. The molecule has 29 heavy (non-hydrogen) atoms. The van der Waals surface area contributed by atoms with Crippen molar-refractivity contribution in [2.45, 2.75) is 0 Å². The highest BCUT2D eigenvalue weighted by Crippen LogP contribution is 2.22. The molecule has 0 fully saturated rings. The zero-order chi connectivity index (χ0) is 20.2. The first-order valence-electron chi connectivity index (χ1n) is 8.67. The summed E-state index contributed by atoms with van der Waals surface area (Å²) in [6.45, 7) is 0. The Labute approximate surface area is 165 Å². The molecule has 0 bridgehead atoms. The van der Waals surface area contributed by atoms with Crippen LogP contribution in [0.4, 0.5) is 5.82 Å². The molecule has 0 atom stereocenters. The summed E-state index contributed by atoms with van der Waals surface area (Å²) >= 11 is 0. The molecule has 4 aromatic rings. The second kappa shape index (κ2) is 7.77. The Balaban J connectivity index is 1.46. The molecule has 0 unspecified atom stereocenters. The van der Waals surface area contributed by atoms with Gasteiger partial charge in [0.1, 0.15) is 22.9 Å².